The van der Waals surface area contributed by atoms with Gasteiger partial charge in [0, 0.05) is 38.8 Å². The van der Waals surface area contributed by atoms with Gasteiger partial charge in [0.25, 0.3) is 0 Å². The third-order valence-corrected chi connectivity index (χ3v) is 4.36. The normalized spacial score (nSPS) is 17.8. The first-order valence-corrected chi connectivity index (χ1v) is 7.97. The standard InChI is InChI=1S/C17H29N3O/c1-5-14(2)18-13-15-6-7-16(17(12-15)21-4)20-10-8-19(3)9-11-20/h6-7,12,14,18H,5,8-11,13H2,1-4H3. The fraction of sp³-hybridized carbons (Fsp3) is 0.647. The van der Waals surface area contributed by atoms with Gasteiger partial charge in [0.1, 0.15) is 5.75 Å². The number of ether oxygens (including phenoxy) is 1. The highest BCUT2D eigenvalue weighted by atomic mass is 16.5. The van der Waals surface area contributed by atoms with Gasteiger partial charge in [-0.1, -0.05) is 13.0 Å². The predicted molar refractivity (Wildman–Crippen MR) is 89.3 cm³/mol. The van der Waals surface area contributed by atoms with Crippen LogP contribution in [-0.4, -0.2) is 51.3 Å². The zero-order valence-corrected chi connectivity index (χ0v) is 13.9. The van der Waals surface area contributed by atoms with Crippen molar-refractivity contribution in [3.63, 3.8) is 0 Å². The zero-order chi connectivity index (χ0) is 15.2. The molecule has 1 aliphatic heterocycles. The lowest BCUT2D eigenvalue weighted by Crippen LogP contribution is -2.44. The van der Waals surface area contributed by atoms with E-state index >= 15 is 0 Å². The molecular formula is C17H29N3O. The molecule has 118 valence electrons. The number of nitrogens with zero attached hydrogens (tertiary/aromatic N) is 2. The number of hydrogen-bond acceptors (Lipinski definition) is 4. The molecule has 0 spiro atoms. The summed E-state index contributed by atoms with van der Waals surface area (Å²) in [5, 5.41) is 3.53. The number of likely N-dealkylation sites (N-methyl/N-ethyl adjacent to an activating group) is 1. The van der Waals surface area contributed by atoms with Crippen molar-refractivity contribution in [3.8, 4) is 5.75 Å². The van der Waals surface area contributed by atoms with Crippen molar-refractivity contribution < 1.29 is 4.74 Å². The first kappa shape index (κ1) is 16.1. The maximum Gasteiger partial charge on any atom is 0.142 e. The predicted octanol–water partition coefficient (Wildman–Crippen LogP) is 2.34. The van der Waals surface area contributed by atoms with Gasteiger partial charge in [0.15, 0.2) is 0 Å². The van der Waals surface area contributed by atoms with Crippen LogP contribution < -0.4 is 15.0 Å². The second kappa shape index (κ2) is 7.66. The van der Waals surface area contributed by atoms with Gasteiger partial charge in [0.2, 0.25) is 0 Å². The van der Waals surface area contributed by atoms with Crippen molar-refractivity contribution in [1.29, 1.82) is 0 Å². The van der Waals surface area contributed by atoms with Crippen molar-refractivity contribution in [2.24, 2.45) is 0 Å². The van der Waals surface area contributed by atoms with Crippen molar-refractivity contribution >= 4 is 5.69 Å². The summed E-state index contributed by atoms with van der Waals surface area (Å²) in [5.74, 6) is 0.989. The van der Waals surface area contributed by atoms with Gasteiger partial charge in [-0.15, -0.1) is 0 Å². The second-order valence-corrected chi connectivity index (χ2v) is 5.99. The maximum absolute atomic E-state index is 5.62. The zero-order valence-electron chi connectivity index (χ0n) is 13.9. The lowest BCUT2D eigenvalue weighted by atomic mass is 10.1. The van der Waals surface area contributed by atoms with Crippen LogP contribution in [0.25, 0.3) is 0 Å². The Morgan fingerprint density at radius 3 is 2.57 bits per heavy atom. The van der Waals surface area contributed by atoms with Crippen LogP contribution in [0.1, 0.15) is 25.8 Å². The number of rotatable bonds is 6. The number of hydrogen-bond donors (Lipinski definition) is 1. The van der Waals surface area contributed by atoms with E-state index in [1.165, 1.54) is 11.3 Å². The molecule has 0 saturated carbocycles. The molecule has 1 aromatic rings. The lowest BCUT2D eigenvalue weighted by molar-refractivity contribution is 0.311. The lowest BCUT2D eigenvalue weighted by Gasteiger charge is -2.34. The number of piperazine rings is 1. The molecule has 1 aromatic carbocycles. The molecule has 1 atom stereocenters. The van der Waals surface area contributed by atoms with Gasteiger partial charge in [-0.2, -0.15) is 0 Å². The number of methoxy groups -OCH3 is 1. The molecule has 1 fully saturated rings. The topological polar surface area (TPSA) is 27.7 Å². The monoisotopic (exact) mass is 291 g/mol. The van der Waals surface area contributed by atoms with Gasteiger partial charge >= 0.3 is 0 Å². The molecule has 0 aromatic heterocycles. The van der Waals surface area contributed by atoms with Crippen molar-refractivity contribution in [2.75, 3.05) is 45.2 Å². The van der Waals surface area contributed by atoms with Crippen LogP contribution in [0.2, 0.25) is 0 Å². The number of nitrogens with one attached hydrogen (secondary N) is 1. The largest absolute Gasteiger partial charge is 0.495 e. The van der Waals surface area contributed by atoms with Crippen LogP contribution in [0.5, 0.6) is 5.75 Å². The molecule has 2 rings (SSSR count). The quantitative estimate of drug-likeness (QED) is 0.870. The summed E-state index contributed by atoms with van der Waals surface area (Å²) in [6.45, 7) is 9.68. The number of anilines is 1. The smallest absolute Gasteiger partial charge is 0.142 e. The highest BCUT2D eigenvalue weighted by molar-refractivity contribution is 5.60. The van der Waals surface area contributed by atoms with Crippen molar-refractivity contribution in [1.82, 2.24) is 10.2 Å². The molecule has 0 radical (unpaired) electrons. The highest BCUT2D eigenvalue weighted by Crippen LogP contribution is 2.30. The fourth-order valence-corrected chi connectivity index (χ4v) is 2.58. The molecule has 1 saturated heterocycles. The van der Waals surface area contributed by atoms with Gasteiger partial charge in [-0.3, -0.25) is 0 Å². The minimum atomic E-state index is 0.549. The summed E-state index contributed by atoms with van der Waals surface area (Å²) in [4.78, 5) is 4.79. The van der Waals surface area contributed by atoms with Crippen LogP contribution in [0.3, 0.4) is 0 Å². The molecule has 4 nitrogen and oxygen atoms in total. The van der Waals surface area contributed by atoms with Crippen LogP contribution >= 0.6 is 0 Å². The van der Waals surface area contributed by atoms with Crippen LogP contribution in [-0.2, 0) is 6.54 Å². The molecule has 4 heteroatoms. The van der Waals surface area contributed by atoms with E-state index in [1.807, 2.05) is 0 Å². The van der Waals surface area contributed by atoms with E-state index in [9.17, 15) is 0 Å². The van der Waals surface area contributed by atoms with Gasteiger partial charge < -0.3 is 19.9 Å². The summed E-state index contributed by atoms with van der Waals surface area (Å²) >= 11 is 0. The number of benzene rings is 1. The Kier molecular flexibility index (Phi) is 5.88. The van der Waals surface area contributed by atoms with Crippen molar-refractivity contribution in [3.05, 3.63) is 23.8 Å². The fourth-order valence-electron chi connectivity index (χ4n) is 2.58. The van der Waals surface area contributed by atoms with E-state index in [-0.39, 0.29) is 0 Å². The molecule has 1 heterocycles. The summed E-state index contributed by atoms with van der Waals surface area (Å²) in [5.41, 5.74) is 2.50. The first-order valence-electron chi connectivity index (χ1n) is 7.97. The van der Waals surface area contributed by atoms with Crippen molar-refractivity contribution in [2.45, 2.75) is 32.9 Å². The molecule has 0 aliphatic carbocycles. The Hall–Kier alpha value is -1.26. The van der Waals surface area contributed by atoms with E-state index in [2.05, 4.69) is 54.2 Å². The van der Waals surface area contributed by atoms with Gasteiger partial charge in [-0.25, -0.2) is 0 Å². The van der Waals surface area contributed by atoms with Crippen LogP contribution in [0, 0.1) is 0 Å². The molecule has 1 unspecified atom stereocenters. The Bertz CT molecular complexity index is 442. The Balaban J connectivity index is 2.05. The molecule has 21 heavy (non-hydrogen) atoms. The summed E-state index contributed by atoms with van der Waals surface area (Å²) in [6.07, 6.45) is 1.15. The van der Waals surface area contributed by atoms with Gasteiger partial charge in [-0.05, 0) is 38.1 Å². The molecular weight excluding hydrogens is 262 g/mol. The summed E-state index contributed by atoms with van der Waals surface area (Å²) in [6, 6.07) is 7.14. The minimum absolute atomic E-state index is 0.549. The second-order valence-electron chi connectivity index (χ2n) is 5.99. The van der Waals surface area contributed by atoms with E-state index in [4.69, 9.17) is 4.74 Å². The third-order valence-electron chi connectivity index (χ3n) is 4.36. The van der Waals surface area contributed by atoms with E-state index < -0.39 is 0 Å². The molecule has 0 bridgehead atoms. The SMILES string of the molecule is CCC(C)NCc1ccc(N2CCN(C)CC2)c(OC)c1. The molecule has 1 aliphatic rings. The maximum atomic E-state index is 5.62. The first-order chi connectivity index (χ1) is 10.1. The van der Waals surface area contributed by atoms with E-state index in [1.54, 1.807) is 7.11 Å². The Morgan fingerprint density at radius 1 is 1.24 bits per heavy atom. The van der Waals surface area contributed by atoms with E-state index in [0.29, 0.717) is 6.04 Å². The molecule has 0 amide bonds. The average molecular weight is 291 g/mol. The van der Waals surface area contributed by atoms with Crippen LogP contribution in [0.4, 0.5) is 5.69 Å². The van der Waals surface area contributed by atoms with Crippen LogP contribution in [0.15, 0.2) is 18.2 Å². The Labute approximate surface area is 129 Å². The highest BCUT2D eigenvalue weighted by Gasteiger charge is 2.17. The van der Waals surface area contributed by atoms with E-state index in [0.717, 1.165) is 44.9 Å². The summed E-state index contributed by atoms with van der Waals surface area (Å²) in [7, 11) is 3.94. The Morgan fingerprint density at radius 2 is 1.95 bits per heavy atom. The van der Waals surface area contributed by atoms with Gasteiger partial charge in [0.05, 0.1) is 12.8 Å². The average Bonchev–Trinajstić information content (AvgIpc) is 2.53. The third kappa shape index (κ3) is 4.35. The molecule has 1 N–H and O–H groups in total. The summed E-state index contributed by atoms with van der Waals surface area (Å²) < 4.78 is 5.62. The minimum Gasteiger partial charge on any atom is -0.495 e.